The second-order valence-electron chi connectivity index (χ2n) is 2.25. The van der Waals surface area contributed by atoms with Crippen LogP contribution in [-0.4, -0.2) is 5.91 Å². The molecule has 3 heteroatoms. The zero-order valence-corrected chi connectivity index (χ0v) is 5.95. The van der Waals surface area contributed by atoms with Crippen LogP contribution in [0.15, 0.2) is 30.3 Å². The second kappa shape index (κ2) is 3.16. The number of rotatable bonds is 2. The number of amides is 1. The molecule has 0 aliphatic heterocycles. The molecule has 0 unspecified atom stereocenters. The Morgan fingerprint density at radius 1 is 1.36 bits per heavy atom. The summed E-state index contributed by atoms with van der Waals surface area (Å²) in [6, 6.07) is 8.09. The van der Waals surface area contributed by atoms with E-state index in [2.05, 4.69) is 0 Å². The molecular formula is C8H9N2O. The summed E-state index contributed by atoms with van der Waals surface area (Å²) in [7, 11) is 0. The van der Waals surface area contributed by atoms with Crippen molar-refractivity contribution in [2.24, 2.45) is 5.73 Å². The van der Waals surface area contributed by atoms with E-state index in [9.17, 15) is 4.79 Å². The van der Waals surface area contributed by atoms with E-state index in [0.29, 0.717) is 5.56 Å². The van der Waals surface area contributed by atoms with Crippen LogP contribution >= 0.6 is 0 Å². The summed E-state index contributed by atoms with van der Waals surface area (Å²) in [6.07, 6.45) is 0. The van der Waals surface area contributed by atoms with E-state index >= 15 is 0 Å². The van der Waals surface area contributed by atoms with Gasteiger partial charge in [0.15, 0.2) is 0 Å². The molecular weight excluding hydrogens is 140 g/mol. The van der Waals surface area contributed by atoms with Crippen LogP contribution in [0.1, 0.15) is 11.6 Å². The lowest BCUT2D eigenvalue weighted by molar-refractivity contribution is -0.120. The number of carbonyl (C=O) groups excluding carboxylic acids is 1. The third kappa shape index (κ3) is 1.78. The van der Waals surface area contributed by atoms with E-state index in [1.807, 2.05) is 6.07 Å². The molecule has 0 heterocycles. The Morgan fingerprint density at radius 3 is 2.36 bits per heavy atom. The first-order chi connectivity index (χ1) is 5.22. The Balaban J connectivity index is 2.85. The maximum atomic E-state index is 10.5. The predicted octanol–water partition coefficient (Wildman–Crippen LogP) is 0.496. The van der Waals surface area contributed by atoms with Gasteiger partial charge in [-0.15, -0.1) is 0 Å². The van der Waals surface area contributed by atoms with Crippen molar-refractivity contribution in [3.8, 4) is 0 Å². The van der Waals surface area contributed by atoms with Gasteiger partial charge in [-0.1, -0.05) is 30.3 Å². The molecule has 0 saturated heterocycles. The van der Waals surface area contributed by atoms with Gasteiger partial charge in [-0.3, -0.25) is 10.5 Å². The minimum Gasteiger partial charge on any atom is -0.316 e. The van der Waals surface area contributed by atoms with Gasteiger partial charge in [0.25, 0.3) is 5.91 Å². The van der Waals surface area contributed by atoms with Crippen molar-refractivity contribution >= 4 is 5.91 Å². The fraction of sp³-hybridized carbons (Fsp3) is 0.125. The van der Waals surface area contributed by atoms with Gasteiger partial charge in [0.1, 0.15) is 6.04 Å². The van der Waals surface area contributed by atoms with Crippen LogP contribution in [0.5, 0.6) is 0 Å². The molecule has 0 aromatic heterocycles. The largest absolute Gasteiger partial charge is 0.316 e. The van der Waals surface area contributed by atoms with Gasteiger partial charge in [0.05, 0.1) is 0 Å². The maximum absolute atomic E-state index is 10.5. The Hall–Kier alpha value is -1.35. The van der Waals surface area contributed by atoms with Gasteiger partial charge >= 0.3 is 0 Å². The van der Waals surface area contributed by atoms with Crippen molar-refractivity contribution in [3.63, 3.8) is 0 Å². The van der Waals surface area contributed by atoms with E-state index in [0.717, 1.165) is 0 Å². The Bertz CT molecular complexity index is 246. The molecule has 0 aliphatic rings. The maximum Gasteiger partial charge on any atom is 0.259 e. The molecule has 0 spiro atoms. The first-order valence-corrected chi connectivity index (χ1v) is 3.28. The van der Waals surface area contributed by atoms with Crippen LogP contribution in [0.4, 0.5) is 0 Å². The van der Waals surface area contributed by atoms with Gasteiger partial charge in [-0.2, -0.15) is 0 Å². The van der Waals surface area contributed by atoms with Crippen molar-refractivity contribution in [1.29, 1.82) is 0 Å². The lowest BCUT2D eigenvalue weighted by Crippen LogP contribution is -2.21. The number of hydrogen-bond donors (Lipinski definition) is 1. The number of nitrogens with two attached hydrogens (primary N) is 1. The summed E-state index contributed by atoms with van der Waals surface area (Å²) < 4.78 is 0. The number of carbonyl (C=O) groups is 1. The number of benzene rings is 1. The van der Waals surface area contributed by atoms with E-state index in [1.165, 1.54) is 0 Å². The average Bonchev–Trinajstić information content (AvgIpc) is 2.05. The molecule has 1 aromatic rings. The SMILES string of the molecule is [NH]C(=O)[C@H](N)c1ccccc1. The molecule has 0 bridgehead atoms. The van der Waals surface area contributed by atoms with Crippen LogP contribution in [0.2, 0.25) is 0 Å². The molecule has 11 heavy (non-hydrogen) atoms. The van der Waals surface area contributed by atoms with Crippen LogP contribution in [0.25, 0.3) is 0 Å². The predicted molar refractivity (Wildman–Crippen MR) is 41.5 cm³/mol. The molecule has 3 N–H and O–H groups in total. The monoisotopic (exact) mass is 149 g/mol. The third-order valence-electron chi connectivity index (χ3n) is 1.44. The third-order valence-corrected chi connectivity index (χ3v) is 1.44. The van der Waals surface area contributed by atoms with Crippen molar-refractivity contribution in [3.05, 3.63) is 35.9 Å². The molecule has 1 amide bonds. The fourth-order valence-electron chi connectivity index (χ4n) is 0.812. The highest BCUT2D eigenvalue weighted by Crippen LogP contribution is 2.07. The van der Waals surface area contributed by atoms with Crippen molar-refractivity contribution < 1.29 is 4.79 Å². The quantitative estimate of drug-likeness (QED) is 0.665. The highest BCUT2D eigenvalue weighted by molar-refractivity contribution is 5.80. The standard InChI is InChI=1S/C8H9N2O/c9-7(8(10)11)6-4-2-1-3-5-6/h1-5,7,10H,9H2/t7-/m1/s1. The summed E-state index contributed by atoms with van der Waals surface area (Å²) in [5.41, 5.74) is 12.8. The summed E-state index contributed by atoms with van der Waals surface area (Å²) in [5.74, 6) is -0.754. The van der Waals surface area contributed by atoms with Crippen molar-refractivity contribution in [1.82, 2.24) is 5.73 Å². The van der Waals surface area contributed by atoms with Crippen LogP contribution < -0.4 is 11.5 Å². The van der Waals surface area contributed by atoms with Gasteiger partial charge in [0.2, 0.25) is 0 Å². The first-order valence-electron chi connectivity index (χ1n) is 3.28. The highest BCUT2D eigenvalue weighted by atomic mass is 16.1. The fourth-order valence-corrected chi connectivity index (χ4v) is 0.812. The van der Waals surface area contributed by atoms with E-state index < -0.39 is 11.9 Å². The van der Waals surface area contributed by atoms with Gasteiger partial charge < -0.3 is 5.73 Å². The highest BCUT2D eigenvalue weighted by Gasteiger charge is 2.10. The lowest BCUT2D eigenvalue weighted by atomic mass is 10.1. The molecule has 1 atom stereocenters. The van der Waals surface area contributed by atoms with Crippen LogP contribution in [0.3, 0.4) is 0 Å². The Labute approximate surface area is 65.0 Å². The normalized spacial score (nSPS) is 12.5. The summed E-state index contributed by atoms with van der Waals surface area (Å²) in [6.45, 7) is 0. The second-order valence-corrected chi connectivity index (χ2v) is 2.25. The number of nitrogens with one attached hydrogen (secondary N) is 1. The summed E-state index contributed by atoms with van der Waals surface area (Å²) >= 11 is 0. The van der Waals surface area contributed by atoms with Gasteiger partial charge in [-0.05, 0) is 5.56 Å². The lowest BCUT2D eigenvalue weighted by Gasteiger charge is -2.04. The molecule has 1 rings (SSSR count). The molecule has 0 fully saturated rings. The molecule has 1 radical (unpaired) electrons. The van der Waals surface area contributed by atoms with Gasteiger partial charge in [0, 0.05) is 0 Å². The van der Waals surface area contributed by atoms with E-state index in [-0.39, 0.29) is 0 Å². The van der Waals surface area contributed by atoms with Crippen LogP contribution in [-0.2, 0) is 4.79 Å². The first kappa shape index (κ1) is 7.75. The molecule has 3 nitrogen and oxygen atoms in total. The zero-order chi connectivity index (χ0) is 8.27. The minimum absolute atomic E-state index is 0.688. The summed E-state index contributed by atoms with van der Waals surface area (Å²) in [5, 5.41) is 0. The number of hydrogen-bond acceptors (Lipinski definition) is 2. The van der Waals surface area contributed by atoms with E-state index in [1.54, 1.807) is 24.3 Å². The van der Waals surface area contributed by atoms with Gasteiger partial charge in [-0.25, -0.2) is 0 Å². The smallest absolute Gasteiger partial charge is 0.259 e. The molecule has 0 aliphatic carbocycles. The van der Waals surface area contributed by atoms with Crippen molar-refractivity contribution in [2.75, 3.05) is 0 Å². The minimum atomic E-state index is -0.795. The Morgan fingerprint density at radius 2 is 1.91 bits per heavy atom. The molecule has 57 valence electrons. The van der Waals surface area contributed by atoms with E-state index in [4.69, 9.17) is 11.5 Å². The molecule has 1 aromatic carbocycles. The molecule has 0 saturated carbocycles. The van der Waals surface area contributed by atoms with Crippen LogP contribution in [0, 0.1) is 0 Å². The Kier molecular flexibility index (Phi) is 2.23. The zero-order valence-electron chi connectivity index (χ0n) is 5.95. The topological polar surface area (TPSA) is 66.9 Å². The summed E-state index contributed by atoms with van der Waals surface area (Å²) in [4.78, 5) is 10.5. The average molecular weight is 149 g/mol. The van der Waals surface area contributed by atoms with Crippen molar-refractivity contribution in [2.45, 2.75) is 6.04 Å².